The molecule has 0 radical (unpaired) electrons. The van der Waals surface area contributed by atoms with E-state index in [2.05, 4.69) is 19.0 Å². The summed E-state index contributed by atoms with van der Waals surface area (Å²) in [5, 5.41) is 16.9. The van der Waals surface area contributed by atoms with Crippen molar-refractivity contribution >= 4 is 34.9 Å². The molecule has 7 heteroatoms. The Morgan fingerprint density at radius 3 is 2.76 bits per heavy atom. The van der Waals surface area contributed by atoms with Crippen LogP contribution in [-0.4, -0.2) is 29.1 Å². The van der Waals surface area contributed by atoms with Gasteiger partial charge in [0, 0.05) is 22.8 Å². The maximum Gasteiger partial charge on any atom is 1.00 e. The minimum absolute atomic E-state index is 0. The van der Waals surface area contributed by atoms with Crippen LogP contribution < -0.4 is 24.0 Å². The van der Waals surface area contributed by atoms with E-state index in [-0.39, 0.29) is 48.5 Å². The fourth-order valence-corrected chi connectivity index (χ4v) is 3.90. The Morgan fingerprint density at radius 2 is 2.20 bits per heavy atom. The van der Waals surface area contributed by atoms with E-state index in [1.807, 2.05) is 18.7 Å². The molecular weight excluding hydrogens is 353 g/mol. The first kappa shape index (κ1) is 24.7. The van der Waals surface area contributed by atoms with Gasteiger partial charge in [0.05, 0.1) is 5.71 Å². The molecule has 0 aromatic carbocycles. The predicted octanol–water partition coefficient (Wildman–Crippen LogP) is 1.04. The fraction of sp³-hybridized carbons (Fsp3) is 0.667. The van der Waals surface area contributed by atoms with Gasteiger partial charge in [-0.1, -0.05) is 37.5 Å². The van der Waals surface area contributed by atoms with Crippen LogP contribution in [0.2, 0.25) is 0 Å². The molecule has 1 aliphatic rings. The number of rotatable bonds is 10. The van der Waals surface area contributed by atoms with Gasteiger partial charge in [0.15, 0.2) is 5.78 Å². The molecule has 0 fully saturated rings. The Labute approximate surface area is 172 Å². The number of hydrogen-bond donors (Lipinski definition) is 0. The summed E-state index contributed by atoms with van der Waals surface area (Å²) in [5.74, 6) is 1.07. The zero-order valence-corrected chi connectivity index (χ0v) is 17.3. The van der Waals surface area contributed by atoms with Gasteiger partial charge in [0.1, 0.15) is 6.61 Å². The van der Waals surface area contributed by atoms with Gasteiger partial charge in [-0.05, 0) is 43.4 Å². The quantitative estimate of drug-likeness (QED) is 0.246. The first-order chi connectivity index (χ1) is 11.5. The smallest absolute Gasteiger partial charge is 0.875 e. The van der Waals surface area contributed by atoms with Crippen molar-refractivity contribution < 1.29 is 33.6 Å². The van der Waals surface area contributed by atoms with E-state index in [4.69, 9.17) is 16.4 Å². The zero-order chi connectivity index (χ0) is 17.9. The van der Waals surface area contributed by atoms with Gasteiger partial charge in [0.25, 0.3) is 0 Å². The number of hydrogen-bond acceptors (Lipinski definition) is 5. The molecule has 4 nitrogen and oxygen atoms in total. The van der Waals surface area contributed by atoms with E-state index < -0.39 is 0 Å². The molecule has 0 heterocycles. The minimum atomic E-state index is -0.0963. The van der Waals surface area contributed by atoms with Crippen LogP contribution in [0.15, 0.2) is 28.1 Å². The van der Waals surface area contributed by atoms with Crippen molar-refractivity contribution in [2.24, 2.45) is 11.1 Å². The molecule has 0 saturated heterocycles. The average molecular weight is 380 g/mol. The molecule has 1 rings (SSSR count). The van der Waals surface area contributed by atoms with Gasteiger partial charge < -0.3 is 9.94 Å². The topological polar surface area (TPSA) is 61.7 Å². The van der Waals surface area contributed by atoms with E-state index in [0.717, 1.165) is 18.6 Å². The average Bonchev–Trinajstić information content (AvgIpc) is 2.54. The van der Waals surface area contributed by atoms with Crippen LogP contribution in [0.1, 0.15) is 52.9 Å². The molecule has 1 aliphatic carbocycles. The number of ketones is 1. The minimum Gasteiger partial charge on any atom is -0.875 e. The molecule has 0 spiro atoms. The maximum absolute atomic E-state index is 12.5. The Kier molecular flexibility index (Phi) is 13.6. The number of carbonyl (C=O) groups excluding carboxylic acids is 1. The summed E-state index contributed by atoms with van der Waals surface area (Å²) in [6, 6.07) is 0. The van der Waals surface area contributed by atoms with Crippen LogP contribution in [0.5, 0.6) is 0 Å². The summed E-state index contributed by atoms with van der Waals surface area (Å²) in [6.07, 6.45) is 5.00. The van der Waals surface area contributed by atoms with Crippen LogP contribution in [0.4, 0.5) is 0 Å². The maximum atomic E-state index is 12.5. The van der Waals surface area contributed by atoms with Gasteiger partial charge in [-0.2, -0.15) is 11.8 Å². The number of halogens is 1. The molecule has 0 N–H and O–H groups in total. The Balaban J connectivity index is 0.00000576. The second-order valence-electron chi connectivity index (χ2n) is 5.96. The van der Waals surface area contributed by atoms with Crippen molar-refractivity contribution in [3.8, 4) is 0 Å². The molecule has 0 amide bonds. The van der Waals surface area contributed by atoms with Crippen molar-refractivity contribution in [2.75, 3.05) is 12.4 Å². The van der Waals surface area contributed by atoms with Crippen molar-refractivity contribution in [1.29, 1.82) is 0 Å². The SMILES string of the molecule is CCCSC(C)CC1CC(=O)C(C(CC)=NOC/C=C/Cl)=C([O-])C1.[Li+]. The van der Waals surface area contributed by atoms with Crippen LogP contribution in [0.3, 0.4) is 0 Å². The summed E-state index contributed by atoms with van der Waals surface area (Å²) in [7, 11) is 0. The fourth-order valence-electron chi connectivity index (χ4n) is 2.78. The van der Waals surface area contributed by atoms with Crippen LogP contribution in [-0.2, 0) is 9.63 Å². The van der Waals surface area contributed by atoms with E-state index in [1.165, 1.54) is 5.54 Å². The van der Waals surface area contributed by atoms with E-state index in [1.54, 1.807) is 6.08 Å². The summed E-state index contributed by atoms with van der Waals surface area (Å²) >= 11 is 7.32. The molecular formula is C18H27ClLiNO3S. The van der Waals surface area contributed by atoms with Crippen LogP contribution >= 0.6 is 23.4 Å². The summed E-state index contributed by atoms with van der Waals surface area (Å²) in [5.41, 5.74) is 2.02. The van der Waals surface area contributed by atoms with Gasteiger partial charge in [-0.15, -0.1) is 5.76 Å². The number of carbonyl (C=O) groups is 1. The number of Topliss-reactive ketones (excluding diaryl/α,β-unsaturated/α-hetero) is 1. The van der Waals surface area contributed by atoms with Gasteiger partial charge >= 0.3 is 18.9 Å². The van der Waals surface area contributed by atoms with Crippen LogP contribution in [0, 0.1) is 5.92 Å². The molecule has 2 atom stereocenters. The second-order valence-corrected chi connectivity index (χ2v) is 7.76. The molecule has 25 heavy (non-hydrogen) atoms. The largest absolute Gasteiger partial charge is 1.00 e. The summed E-state index contributed by atoms with van der Waals surface area (Å²) in [4.78, 5) is 17.6. The van der Waals surface area contributed by atoms with Crippen molar-refractivity contribution in [3.05, 3.63) is 22.9 Å². The normalized spacial score (nSPS) is 19.9. The molecule has 136 valence electrons. The van der Waals surface area contributed by atoms with Gasteiger partial charge in [-0.25, -0.2) is 0 Å². The Morgan fingerprint density at radius 1 is 1.48 bits per heavy atom. The summed E-state index contributed by atoms with van der Waals surface area (Å²) in [6.45, 7) is 6.41. The number of nitrogens with zero attached hydrogens (tertiary/aromatic N) is 1. The predicted molar refractivity (Wildman–Crippen MR) is 100 cm³/mol. The van der Waals surface area contributed by atoms with Crippen molar-refractivity contribution in [3.63, 3.8) is 0 Å². The first-order valence-corrected chi connectivity index (χ1v) is 10.0. The van der Waals surface area contributed by atoms with E-state index >= 15 is 0 Å². The molecule has 0 aliphatic heterocycles. The van der Waals surface area contributed by atoms with Gasteiger partial charge in [-0.3, -0.25) is 4.79 Å². The van der Waals surface area contributed by atoms with Crippen molar-refractivity contribution in [2.45, 2.75) is 58.1 Å². The van der Waals surface area contributed by atoms with Gasteiger partial charge in [0.2, 0.25) is 0 Å². The monoisotopic (exact) mass is 379 g/mol. The Bertz CT molecular complexity index is 509. The molecule has 0 saturated carbocycles. The zero-order valence-electron chi connectivity index (χ0n) is 15.7. The Hall–Kier alpha value is -0.343. The summed E-state index contributed by atoms with van der Waals surface area (Å²) < 4.78 is 0. The number of thioether (sulfide) groups is 1. The van der Waals surface area contributed by atoms with Crippen molar-refractivity contribution in [1.82, 2.24) is 0 Å². The van der Waals surface area contributed by atoms with E-state index in [9.17, 15) is 9.90 Å². The molecule has 2 unspecified atom stereocenters. The molecule has 0 aromatic rings. The molecule has 0 aromatic heterocycles. The third kappa shape index (κ3) is 8.73. The molecule has 0 bridgehead atoms. The van der Waals surface area contributed by atoms with E-state index in [0.29, 0.717) is 30.2 Å². The number of oxime groups is 1. The second kappa shape index (κ2) is 13.8. The van der Waals surface area contributed by atoms with Crippen LogP contribution in [0.25, 0.3) is 0 Å². The number of allylic oxidation sites excluding steroid dienone is 2. The standard InChI is InChI=1S/C18H28ClNO3S.Li/c1-4-9-24-13(3)10-14-11-16(21)18(17(22)12-14)15(5-2)20-23-8-6-7-19;/h6-7,13-14,21H,4-5,8-12H2,1-3H3;/q;+1/p-1/b7-6+,20-15?;. The third-order valence-corrected chi connectivity index (χ3v) is 5.42. The first-order valence-electron chi connectivity index (χ1n) is 8.52. The third-order valence-electron chi connectivity index (χ3n) is 3.84.